The van der Waals surface area contributed by atoms with E-state index in [0.717, 1.165) is 11.3 Å². The lowest BCUT2D eigenvalue weighted by molar-refractivity contribution is -0.114. The van der Waals surface area contributed by atoms with Gasteiger partial charge in [-0.1, -0.05) is 13.8 Å². The van der Waals surface area contributed by atoms with Gasteiger partial charge in [-0.15, -0.1) is 0 Å². The Bertz CT molecular complexity index is 345. The van der Waals surface area contributed by atoms with Crippen LogP contribution in [0, 0.1) is 6.92 Å². The molecule has 3 nitrogen and oxygen atoms in total. The maximum absolute atomic E-state index is 10.9. The molecule has 14 heavy (non-hydrogen) atoms. The van der Waals surface area contributed by atoms with Crippen molar-refractivity contribution in [2.75, 3.05) is 5.32 Å². The number of rotatable bonds is 2. The average Bonchev–Trinajstić information content (AvgIpc) is 2.01. The lowest BCUT2D eigenvalue weighted by Crippen LogP contribution is -2.09. The number of amides is 1. The molecule has 76 valence electrons. The third-order valence-corrected chi connectivity index (χ3v) is 1.89. The van der Waals surface area contributed by atoms with Gasteiger partial charge in [0.15, 0.2) is 0 Å². The highest BCUT2D eigenvalue weighted by Gasteiger charge is 2.04. The van der Waals surface area contributed by atoms with Crippen molar-refractivity contribution in [3.63, 3.8) is 0 Å². The molecule has 0 unspecified atom stereocenters. The van der Waals surface area contributed by atoms with Crippen LogP contribution in [-0.4, -0.2) is 10.9 Å². The summed E-state index contributed by atoms with van der Waals surface area (Å²) in [5.41, 5.74) is 2.13. The number of aryl methyl sites for hydroxylation is 1. The molecule has 1 aromatic heterocycles. The van der Waals surface area contributed by atoms with E-state index in [0.29, 0.717) is 11.7 Å². The second-order valence-electron chi connectivity index (χ2n) is 3.79. The summed E-state index contributed by atoms with van der Waals surface area (Å²) in [6.45, 7) is 7.65. The van der Waals surface area contributed by atoms with Crippen LogP contribution in [0.25, 0.3) is 0 Å². The molecule has 0 atom stereocenters. The Balaban J connectivity index is 3.01. The Hall–Kier alpha value is -1.38. The molecule has 0 spiro atoms. The van der Waals surface area contributed by atoms with Crippen LogP contribution in [0.15, 0.2) is 12.1 Å². The smallest absolute Gasteiger partial charge is 0.222 e. The van der Waals surface area contributed by atoms with E-state index in [1.165, 1.54) is 6.92 Å². The fraction of sp³-hybridized carbons (Fsp3) is 0.455. The second kappa shape index (κ2) is 4.22. The molecule has 0 aromatic carbocycles. The molecular weight excluding hydrogens is 176 g/mol. The van der Waals surface area contributed by atoms with Crippen LogP contribution >= 0.6 is 0 Å². The highest BCUT2D eigenvalue weighted by atomic mass is 16.1. The Kier molecular flexibility index (Phi) is 3.23. The van der Waals surface area contributed by atoms with E-state index < -0.39 is 0 Å². The van der Waals surface area contributed by atoms with Crippen LogP contribution < -0.4 is 5.32 Å². The first-order chi connectivity index (χ1) is 6.49. The molecule has 0 bridgehead atoms. The highest BCUT2D eigenvalue weighted by molar-refractivity contribution is 5.87. The van der Waals surface area contributed by atoms with E-state index in [1.54, 1.807) is 0 Å². The molecule has 1 N–H and O–H groups in total. The first-order valence-corrected chi connectivity index (χ1v) is 4.75. The van der Waals surface area contributed by atoms with Gasteiger partial charge >= 0.3 is 0 Å². The van der Waals surface area contributed by atoms with Gasteiger partial charge in [-0.2, -0.15) is 0 Å². The summed E-state index contributed by atoms with van der Waals surface area (Å²) < 4.78 is 0. The fourth-order valence-corrected chi connectivity index (χ4v) is 1.23. The largest absolute Gasteiger partial charge is 0.311 e. The van der Waals surface area contributed by atoms with E-state index in [9.17, 15) is 4.79 Å². The third-order valence-electron chi connectivity index (χ3n) is 1.89. The first-order valence-electron chi connectivity index (χ1n) is 4.75. The van der Waals surface area contributed by atoms with Crippen LogP contribution in [0.1, 0.15) is 37.9 Å². The van der Waals surface area contributed by atoms with Crippen molar-refractivity contribution in [3.05, 3.63) is 23.4 Å². The standard InChI is InChI=1S/C11H16N2O/c1-7(2)10-5-8(3)6-11(13-10)12-9(4)14/h5-7H,1-4H3,(H,12,13,14). The van der Waals surface area contributed by atoms with Crippen LogP contribution in [0.2, 0.25) is 0 Å². The second-order valence-corrected chi connectivity index (χ2v) is 3.79. The summed E-state index contributed by atoms with van der Waals surface area (Å²) in [5, 5.41) is 2.69. The van der Waals surface area contributed by atoms with Gasteiger partial charge in [0, 0.05) is 12.6 Å². The molecule has 0 aliphatic rings. The zero-order valence-corrected chi connectivity index (χ0v) is 9.09. The van der Waals surface area contributed by atoms with Gasteiger partial charge in [-0.25, -0.2) is 4.98 Å². The number of pyridine rings is 1. The third kappa shape index (κ3) is 2.83. The lowest BCUT2D eigenvalue weighted by Gasteiger charge is -2.09. The van der Waals surface area contributed by atoms with E-state index in [2.05, 4.69) is 24.1 Å². The van der Waals surface area contributed by atoms with E-state index in [1.807, 2.05) is 19.1 Å². The fourth-order valence-electron chi connectivity index (χ4n) is 1.23. The topological polar surface area (TPSA) is 42.0 Å². The Morgan fingerprint density at radius 1 is 1.43 bits per heavy atom. The quantitative estimate of drug-likeness (QED) is 0.782. The summed E-state index contributed by atoms with van der Waals surface area (Å²) in [5.74, 6) is 0.932. The molecule has 0 aliphatic heterocycles. The first kappa shape index (κ1) is 10.7. The predicted molar refractivity (Wildman–Crippen MR) is 57.4 cm³/mol. The van der Waals surface area contributed by atoms with Crippen molar-refractivity contribution < 1.29 is 4.79 Å². The Morgan fingerprint density at radius 3 is 2.57 bits per heavy atom. The maximum atomic E-state index is 10.9. The summed E-state index contributed by atoms with van der Waals surface area (Å²) >= 11 is 0. The Morgan fingerprint density at radius 2 is 2.07 bits per heavy atom. The molecule has 0 fully saturated rings. The number of nitrogens with one attached hydrogen (secondary N) is 1. The molecule has 0 aliphatic carbocycles. The van der Waals surface area contributed by atoms with Crippen molar-refractivity contribution in [3.8, 4) is 0 Å². The molecule has 1 rings (SSSR count). The molecule has 3 heteroatoms. The number of carbonyl (C=O) groups is 1. The zero-order valence-electron chi connectivity index (χ0n) is 9.09. The zero-order chi connectivity index (χ0) is 10.7. The average molecular weight is 192 g/mol. The number of aromatic nitrogens is 1. The van der Waals surface area contributed by atoms with Gasteiger partial charge in [0.25, 0.3) is 0 Å². The molecule has 1 amide bonds. The number of hydrogen-bond donors (Lipinski definition) is 1. The summed E-state index contributed by atoms with van der Waals surface area (Å²) in [6.07, 6.45) is 0. The van der Waals surface area contributed by atoms with E-state index in [4.69, 9.17) is 0 Å². The van der Waals surface area contributed by atoms with E-state index >= 15 is 0 Å². The maximum Gasteiger partial charge on any atom is 0.222 e. The van der Waals surface area contributed by atoms with Gasteiger partial charge in [-0.3, -0.25) is 4.79 Å². The van der Waals surface area contributed by atoms with Crippen molar-refractivity contribution in [2.24, 2.45) is 0 Å². The van der Waals surface area contributed by atoms with E-state index in [-0.39, 0.29) is 5.91 Å². The van der Waals surface area contributed by atoms with Crippen molar-refractivity contribution in [2.45, 2.75) is 33.6 Å². The number of carbonyl (C=O) groups excluding carboxylic acids is 1. The monoisotopic (exact) mass is 192 g/mol. The molecule has 0 saturated carbocycles. The minimum Gasteiger partial charge on any atom is -0.311 e. The van der Waals surface area contributed by atoms with Crippen molar-refractivity contribution >= 4 is 11.7 Å². The summed E-state index contributed by atoms with van der Waals surface area (Å²) in [6, 6.07) is 3.91. The number of nitrogens with zero attached hydrogens (tertiary/aromatic N) is 1. The van der Waals surface area contributed by atoms with Gasteiger partial charge in [0.2, 0.25) is 5.91 Å². The minimum absolute atomic E-state index is 0.0854. The van der Waals surface area contributed by atoms with Gasteiger partial charge in [0.05, 0.1) is 0 Å². The van der Waals surface area contributed by atoms with Crippen LogP contribution in [0.3, 0.4) is 0 Å². The predicted octanol–water partition coefficient (Wildman–Crippen LogP) is 2.47. The lowest BCUT2D eigenvalue weighted by atomic mass is 10.1. The van der Waals surface area contributed by atoms with Crippen molar-refractivity contribution in [1.82, 2.24) is 4.98 Å². The van der Waals surface area contributed by atoms with Gasteiger partial charge in [0.1, 0.15) is 5.82 Å². The summed E-state index contributed by atoms with van der Waals surface area (Å²) in [7, 11) is 0. The summed E-state index contributed by atoms with van der Waals surface area (Å²) in [4.78, 5) is 15.2. The van der Waals surface area contributed by atoms with Crippen LogP contribution in [0.5, 0.6) is 0 Å². The number of anilines is 1. The van der Waals surface area contributed by atoms with Gasteiger partial charge in [-0.05, 0) is 30.5 Å². The van der Waals surface area contributed by atoms with Crippen LogP contribution in [-0.2, 0) is 4.79 Å². The molecule has 1 aromatic rings. The molecule has 0 saturated heterocycles. The van der Waals surface area contributed by atoms with Crippen molar-refractivity contribution in [1.29, 1.82) is 0 Å². The Labute approximate surface area is 84.6 Å². The molecule has 1 heterocycles. The van der Waals surface area contributed by atoms with Crippen LogP contribution in [0.4, 0.5) is 5.82 Å². The minimum atomic E-state index is -0.0854. The SMILES string of the molecule is CC(=O)Nc1cc(C)cc(C(C)C)n1. The van der Waals surface area contributed by atoms with Gasteiger partial charge < -0.3 is 5.32 Å². The molecule has 0 radical (unpaired) electrons. The highest BCUT2D eigenvalue weighted by Crippen LogP contribution is 2.16. The number of hydrogen-bond acceptors (Lipinski definition) is 2. The normalized spacial score (nSPS) is 10.4. The molecular formula is C11H16N2O.